The molecule has 2 N–H and O–H groups in total. The SMILES string of the molecule is CCNc1cncc(C(=O)NCCN(C)C2CC2)n1. The first-order valence-electron chi connectivity index (χ1n) is 6.75. The van der Waals surface area contributed by atoms with Gasteiger partial charge in [-0.05, 0) is 26.8 Å². The Morgan fingerprint density at radius 3 is 2.95 bits per heavy atom. The number of aromatic nitrogens is 2. The van der Waals surface area contributed by atoms with Crippen molar-refractivity contribution in [1.29, 1.82) is 0 Å². The van der Waals surface area contributed by atoms with Gasteiger partial charge in [0.15, 0.2) is 0 Å². The van der Waals surface area contributed by atoms with Gasteiger partial charge in [0.05, 0.1) is 12.4 Å². The summed E-state index contributed by atoms with van der Waals surface area (Å²) in [5, 5.41) is 5.91. The fraction of sp³-hybridized carbons (Fsp3) is 0.615. The minimum Gasteiger partial charge on any atom is -0.369 e. The van der Waals surface area contributed by atoms with Gasteiger partial charge >= 0.3 is 0 Å². The van der Waals surface area contributed by atoms with Crippen LogP contribution in [-0.4, -0.2) is 53.5 Å². The van der Waals surface area contributed by atoms with E-state index in [1.165, 1.54) is 19.0 Å². The van der Waals surface area contributed by atoms with Crippen molar-refractivity contribution in [3.05, 3.63) is 18.1 Å². The third-order valence-electron chi connectivity index (χ3n) is 3.15. The Morgan fingerprint density at radius 2 is 2.26 bits per heavy atom. The van der Waals surface area contributed by atoms with Crippen molar-refractivity contribution >= 4 is 11.7 Å². The summed E-state index contributed by atoms with van der Waals surface area (Å²) in [6.07, 6.45) is 5.66. The van der Waals surface area contributed by atoms with E-state index in [-0.39, 0.29) is 5.91 Å². The molecule has 0 atom stereocenters. The fourth-order valence-electron chi connectivity index (χ4n) is 1.88. The number of nitrogens with zero attached hydrogens (tertiary/aromatic N) is 3. The predicted octanol–water partition coefficient (Wildman–Crippen LogP) is 0.732. The molecular weight excluding hydrogens is 242 g/mol. The van der Waals surface area contributed by atoms with Crippen LogP contribution in [0.2, 0.25) is 0 Å². The van der Waals surface area contributed by atoms with E-state index in [2.05, 4.69) is 32.5 Å². The number of hydrogen-bond acceptors (Lipinski definition) is 5. The molecule has 1 heterocycles. The summed E-state index contributed by atoms with van der Waals surface area (Å²) in [6, 6.07) is 0.716. The molecule has 0 saturated heterocycles. The molecule has 6 heteroatoms. The van der Waals surface area contributed by atoms with Crippen molar-refractivity contribution in [2.24, 2.45) is 0 Å². The quantitative estimate of drug-likeness (QED) is 0.759. The molecule has 2 rings (SSSR count). The number of nitrogens with one attached hydrogen (secondary N) is 2. The summed E-state index contributed by atoms with van der Waals surface area (Å²) in [6.45, 7) is 4.24. The molecule has 0 aliphatic heterocycles. The van der Waals surface area contributed by atoms with E-state index in [9.17, 15) is 4.79 Å². The van der Waals surface area contributed by atoms with Crippen LogP contribution in [0, 0.1) is 0 Å². The van der Waals surface area contributed by atoms with Gasteiger partial charge in [-0.2, -0.15) is 0 Å². The molecule has 19 heavy (non-hydrogen) atoms. The molecule has 0 spiro atoms. The van der Waals surface area contributed by atoms with Crippen molar-refractivity contribution < 1.29 is 4.79 Å². The van der Waals surface area contributed by atoms with Crippen molar-refractivity contribution in [3.63, 3.8) is 0 Å². The molecule has 1 aromatic heterocycles. The molecule has 6 nitrogen and oxygen atoms in total. The van der Waals surface area contributed by atoms with Crippen LogP contribution in [0.4, 0.5) is 5.82 Å². The van der Waals surface area contributed by atoms with Crippen molar-refractivity contribution in [2.45, 2.75) is 25.8 Å². The number of hydrogen-bond donors (Lipinski definition) is 2. The predicted molar refractivity (Wildman–Crippen MR) is 74.2 cm³/mol. The number of carbonyl (C=O) groups excluding carboxylic acids is 1. The Balaban J connectivity index is 1.79. The highest BCUT2D eigenvalue weighted by Crippen LogP contribution is 2.24. The lowest BCUT2D eigenvalue weighted by Crippen LogP contribution is -2.34. The van der Waals surface area contributed by atoms with Crippen LogP contribution in [0.3, 0.4) is 0 Å². The van der Waals surface area contributed by atoms with Crippen LogP contribution >= 0.6 is 0 Å². The summed E-state index contributed by atoms with van der Waals surface area (Å²) in [5.41, 5.74) is 0.354. The Hall–Kier alpha value is -1.69. The molecule has 1 aliphatic carbocycles. The van der Waals surface area contributed by atoms with Gasteiger partial charge in [0.2, 0.25) is 0 Å². The Bertz CT molecular complexity index is 433. The molecule has 1 amide bonds. The van der Waals surface area contributed by atoms with E-state index >= 15 is 0 Å². The van der Waals surface area contributed by atoms with Gasteiger partial charge in [-0.15, -0.1) is 0 Å². The standard InChI is InChI=1S/C13H21N5O/c1-3-15-12-9-14-8-11(17-12)13(19)16-6-7-18(2)10-4-5-10/h8-10H,3-7H2,1-2H3,(H,15,17)(H,16,19). The van der Waals surface area contributed by atoms with Crippen molar-refractivity contribution in [2.75, 3.05) is 32.0 Å². The van der Waals surface area contributed by atoms with Gasteiger partial charge in [-0.1, -0.05) is 0 Å². The van der Waals surface area contributed by atoms with E-state index in [0.717, 1.165) is 13.1 Å². The summed E-state index contributed by atoms with van der Waals surface area (Å²) in [7, 11) is 2.09. The van der Waals surface area contributed by atoms with Crippen LogP contribution < -0.4 is 10.6 Å². The third kappa shape index (κ3) is 4.17. The summed E-state index contributed by atoms with van der Waals surface area (Å²) in [4.78, 5) is 22.4. The van der Waals surface area contributed by atoms with E-state index in [1.54, 1.807) is 6.20 Å². The molecule has 0 unspecified atom stereocenters. The van der Waals surface area contributed by atoms with Crippen LogP contribution in [-0.2, 0) is 0 Å². The lowest BCUT2D eigenvalue weighted by molar-refractivity contribution is 0.0944. The van der Waals surface area contributed by atoms with Gasteiger partial charge in [0, 0.05) is 25.7 Å². The molecule has 0 radical (unpaired) electrons. The fourth-order valence-corrected chi connectivity index (χ4v) is 1.88. The number of amides is 1. The second-order valence-corrected chi connectivity index (χ2v) is 4.79. The average molecular weight is 263 g/mol. The zero-order valence-electron chi connectivity index (χ0n) is 11.5. The van der Waals surface area contributed by atoms with Crippen molar-refractivity contribution in [3.8, 4) is 0 Å². The maximum Gasteiger partial charge on any atom is 0.271 e. The molecule has 1 saturated carbocycles. The minimum atomic E-state index is -0.170. The van der Waals surface area contributed by atoms with Crippen LogP contribution in [0.15, 0.2) is 12.4 Å². The normalized spacial score (nSPS) is 14.5. The van der Waals surface area contributed by atoms with E-state index in [4.69, 9.17) is 0 Å². The minimum absolute atomic E-state index is 0.170. The first-order chi connectivity index (χ1) is 9.20. The van der Waals surface area contributed by atoms with Gasteiger partial charge < -0.3 is 15.5 Å². The maximum absolute atomic E-state index is 11.9. The van der Waals surface area contributed by atoms with Gasteiger partial charge in [-0.25, -0.2) is 4.98 Å². The topological polar surface area (TPSA) is 70.2 Å². The molecule has 1 aliphatic rings. The Labute approximate surface area is 113 Å². The highest BCUT2D eigenvalue weighted by Gasteiger charge is 2.25. The molecule has 1 aromatic rings. The first-order valence-corrected chi connectivity index (χ1v) is 6.75. The lowest BCUT2D eigenvalue weighted by atomic mass is 10.4. The van der Waals surface area contributed by atoms with Crippen LogP contribution in [0.1, 0.15) is 30.3 Å². The summed E-state index contributed by atoms with van der Waals surface area (Å²) < 4.78 is 0. The number of carbonyl (C=O) groups is 1. The van der Waals surface area contributed by atoms with E-state index < -0.39 is 0 Å². The van der Waals surface area contributed by atoms with Gasteiger partial charge in [0.1, 0.15) is 11.5 Å². The third-order valence-corrected chi connectivity index (χ3v) is 3.15. The zero-order chi connectivity index (χ0) is 13.7. The lowest BCUT2D eigenvalue weighted by Gasteiger charge is -2.15. The highest BCUT2D eigenvalue weighted by molar-refractivity contribution is 5.92. The van der Waals surface area contributed by atoms with E-state index in [1.807, 2.05) is 6.92 Å². The van der Waals surface area contributed by atoms with Crippen LogP contribution in [0.25, 0.3) is 0 Å². The molecule has 104 valence electrons. The summed E-state index contributed by atoms with van der Waals surface area (Å²) >= 11 is 0. The van der Waals surface area contributed by atoms with Gasteiger partial charge in [-0.3, -0.25) is 9.78 Å². The molecule has 1 fully saturated rings. The average Bonchev–Trinajstić information content (AvgIpc) is 3.23. The second kappa shape index (κ2) is 6.47. The van der Waals surface area contributed by atoms with Gasteiger partial charge in [0.25, 0.3) is 5.91 Å². The van der Waals surface area contributed by atoms with Crippen molar-refractivity contribution in [1.82, 2.24) is 20.2 Å². The molecular formula is C13H21N5O. The zero-order valence-corrected chi connectivity index (χ0v) is 11.5. The second-order valence-electron chi connectivity index (χ2n) is 4.79. The maximum atomic E-state index is 11.9. The monoisotopic (exact) mass is 263 g/mol. The first kappa shape index (κ1) is 13.7. The summed E-state index contributed by atoms with van der Waals surface area (Å²) in [5.74, 6) is 0.460. The van der Waals surface area contributed by atoms with E-state index in [0.29, 0.717) is 24.1 Å². The Kier molecular flexibility index (Phi) is 4.68. The Morgan fingerprint density at radius 1 is 1.47 bits per heavy atom. The molecule has 0 aromatic carbocycles. The largest absolute Gasteiger partial charge is 0.369 e. The highest BCUT2D eigenvalue weighted by atomic mass is 16.1. The smallest absolute Gasteiger partial charge is 0.271 e. The number of rotatable bonds is 7. The number of likely N-dealkylation sites (N-methyl/N-ethyl adjacent to an activating group) is 1. The molecule has 0 bridgehead atoms. The number of anilines is 1. The van der Waals surface area contributed by atoms with Crippen LogP contribution in [0.5, 0.6) is 0 Å².